The zero-order chi connectivity index (χ0) is 22.3. The van der Waals surface area contributed by atoms with Crippen molar-refractivity contribution in [2.75, 3.05) is 11.9 Å². The van der Waals surface area contributed by atoms with Crippen LogP contribution in [0.5, 0.6) is 0 Å². The van der Waals surface area contributed by atoms with Crippen molar-refractivity contribution in [3.05, 3.63) is 88.7 Å². The Hall–Kier alpha value is -3.07. The van der Waals surface area contributed by atoms with Crippen LogP contribution in [0.2, 0.25) is 0 Å². The fraction of sp³-hybridized carbons (Fsp3) is 0.0833. The lowest BCUT2D eigenvalue weighted by Crippen LogP contribution is -2.31. The standard InChI is InChI=1S/C24H19N3O2S3/c28-21(26-23-25-19(16-31-23)18-11-5-2-6-12-18)14-15-27-22(29)20(32-24(27)30)13-7-10-17-8-3-1-4-9-17/h1-13,16H,14-15H2,(H,25,26,28). The largest absolute Gasteiger partial charge is 0.302 e. The van der Waals surface area contributed by atoms with Gasteiger partial charge >= 0.3 is 0 Å². The van der Waals surface area contributed by atoms with E-state index in [-0.39, 0.29) is 24.8 Å². The number of thiazole rings is 1. The highest BCUT2D eigenvalue weighted by Crippen LogP contribution is 2.31. The molecule has 1 aromatic heterocycles. The first-order valence-corrected chi connectivity index (χ1v) is 12.0. The highest BCUT2D eigenvalue weighted by Gasteiger charge is 2.31. The van der Waals surface area contributed by atoms with Crippen molar-refractivity contribution in [1.82, 2.24) is 9.88 Å². The predicted octanol–water partition coefficient (Wildman–Crippen LogP) is 5.60. The summed E-state index contributed by atoms with van der Waals surface area (Å²) in [6.07, 6.45) is 5.66. The molecule has 32 heavy (non-hydrogen) atoms. The molecule has 1 fully saturated rings. The van der Waals surface area contributed by atoms with E-state index in [1.807, 2.05) is 78.2 Å². The van der Waals surface area contributed by atoms with Crippen LogP contribution >= 0.6 is 35.3 Å². The van der Waals surface area contributed by atoms with E-state index in [0.29, 0.717) is 14.4 Å². The first-order valence-electron chi connectivity index (χ1n) is 9.88. The number of nitrogens with zero attached hydrogens (tertiary/aromatic N) is 2. The van der Waals surface area contributed by atoms with E-state index in [0.717, 1.165) is 16.8 Å². The molecule has 0 atom stereocenters. The Balaban J connectivity index is 1.30. The second-order valence-corrected chi connectivity index (χ2v) is 9.36. The summed E-state index contributed by atoms with van der Waals surface area (Å²) < 4.78 is 0.461. The molecule has 0 bridgehead atoms. The lowest BCUT2D eigenvalue weighted by atomic mass is 10.2. The highest BCUT2D eigenvalue weighted by atomic mass is 32.2. The zero-order valence-electron chi connectivity index (χ0n) is 16.9. The summed E-state index contributed by atoms with van der Waals surface area (Å²) in [5.41, 5.74) is 2.86. The molecule has 0 saturated carbocycles. The average Bonchev–Trinajstić information content (AvgIpc) is 3.38. The van der Waals surface area contributed by atoms with E-state index in [1.165, 1.54) is 28.0 Å². The summed E-state index contributed by atoms with van der Waals surface area (Å²) in [4.78, 5) is 31.5. The smallest absolute Gasteiger partial charge is 0.266 e. The summed E-state index contributed by atoms with van der Waals surface area (Å²) in [5, 5.41) is 5.24. The number of carbonyl (C=O) groups is 2. The minimum Gasteiger partial charge on any atom is -0.302 e. The molecular formula is C24H19N3O2S3. The van der Waals surface area contributed by atoms with Crippen molar-refractivity contribution in [3.8, 4) is 11.3 Å². The second-order valence-electron chi connectivity index (χ2n) is 6.83. The second kappa shape index (κ2) is 10.5. The molecule has 2 heterocycles. The number of carbonyl (C=O) groups excluding carboxylic acids is 2. The lowest BCUT2D eigenvalue weighted by molar-refractivity contribution is -0.122. The molecule has 4 rings (SSSR count). The Morgan fingerprint density at radius 1 is 1.09 bits per heavy atom. The molecule has 8 heteroatoms. The third-order valence-corrected chi connectivity index (χ3v) is 6.75. The first-order chi connectivity index (χ1) is 15.6. The fourth-order valence-corrected chi connectivity index (χ4v) is 4.98. The van der Waals surface area contributed by atoms with Crippen LogP contribution in [0.15, 0.2) is 83.1 Å². The van der Waals surface area contributed by atoms with Crippen LogP contribution in [0.4, 0.5) is 5.13 Å². The van der Waals surface area contributed by atoms with Gasteiger partial charge in [0.15, 0.2) is 5.13 Å². The van der Waals surface area contributed by atoms with Gasteiger partial charge in [-0.05, 0) is 11.6 Å². The molecule has 3 aromatic rings. The molecule has 1 N–H and O–H groups in total. The number of anilines is 1. The molecule has 5 nitrogen and oxygen atoms in total. The monoisotopic (exact) mass is 477 g/mol. The van der Waals surface area contributed by atoms with Gasteiger partial charge in [0.05, 0.1) is 10.6 Å². The zero-order valence-corrected chi connectivity index (χ0v) is 19.4. The van der Waals surface area contributed by atoms with Gasteiger partial charge in [-0.15, -0.1) is 11.3 Å². The SMILES string of the molecule is O=C(CCN1C(=O)C(=CC=Cc2ccccc2)SC1=S)Nc1nc(-c2ccccc2)cs1. The number of allylic oxidation sites excluding steroid dienone is 2. The van der Waals surface area contributed by atoms with Gasteiger partial charge in [0, 0.05) is 23.9 Å². The number of aromatic nitrogens is 1. The molecule has 2 aromatic carbocycles. The summed E-state index contributed by atoms with van der Waals surface area (Å²) in [6, 6.07) is 19.6. The lowest BCUT2D eigenvalue weighted by Gasteiger charge is -2.13. The van der Waals surface area contributed by atoms with Gasteiger partial charge in [-0.3, -0.25) is 14.5 Å². The highest BCUT2D eigenvalue weighted by molar-refractivity contribution is 8.26. The molecular weight excluding hydrogens is 458 g/mol. The van der Waals surface area contributed by atoms with E-state index >= 15 is 0 Å². The molecule has 2 amide bonds. The minimum atomic E-state index is -0.207. The van der Waals surface area contributed by atoms with Gasteiger partial charge in [0.25, 0.3) is 5.91 Å². The summed E-state index contributed by atoms with van der Waals surface area (Å²) in [7, 11) is 0. The van der Waals surface area contributed by atoms with Gasteiger partial charge in [0.2, 0.25) is 5.91 Å². The number of rotatable bonds is 7. The van der Waals surface area contributed by atoms with E-state index in [4.69, 9.17) is 12.2 Å². The molecule has 0 unspecified atom stereocenters. The number of benzene rings is 2. The Bertz CT molecular complexity index is 1190. The molecule has 1 saturated heterocycles. The number of thiocarbonyl (C=S) groups is 1. The number of thioether (sulfide) groups is 1. The van der Waals surface area contributed by atoms with Gasteiger partial charge in [0.1, 0.15) is 4.32 Å². The number of hydrogen-bond donors (Lipinski definition) is 1. The van der Waals surface area contributed by atoms with Crippen molar-refractivity contribution >= 4 is 62.7 Å². The summed E-state index contributed by atoms with van der Waals surface area (Å²) >= 11 is 7.96. The van der Waals surface area contributed by atoms with Gasteiger partial charge < -0.3 is 5.32 Å². The molecule has 160 valence electrons. The molecule has 0 radical (unpaired) electrons. The van der Waals surface area contributed by atoms with E-state index in [2.05, 4.69) is 10.3 Å². The number of hydrogen-bond acceptors (Lipinski definition) is 6. The van der Waals surface area contributed by atoms with E-state index in [1.54, 1.807) is 6.08 Å². The van der Waals surface area contributed by atoms with Crippen LogP contribution in [0.1, 0.15) is 12.0 Å². The van der Waals surface area contributed by atoms with Crippen LogP contribution in [0.25, 0.3) is 17.3 Å². The maximum Gasteiger partial charge on any atom is 0.266 e. The maximum atomic E-state index is 12.7. The number of nitrogens with one attached hydrogen (secondary N) is 1. The van der Waals surface area contributed by atoms with Gasteiger partial charge in [-0.25, -0.2) is 4.98 Å². The predicted molar refractivity (Wildman–Crippen MR) is 136 cm³/mol. The topological polar surface area (TPSA) is 62.3 Å². The molecule has 1 aliphatic heterocycles. The molecule has 0 spiro atoms. The van der Waals surface area contributed by atoms with Crippen LogP contribution in [-0.2, 0) is 9.59 Å². The fourth-order valence-electron chi connectivity index (χ4n) is 2.99. The van der Waals surface area contributed by atoms with Crippen molar-refractivity contribution in [1.29, 1.82) is 0 Å². The van der Waals surface area contributed by atoms with Crippen molar-refractivity contribution in [3.63, 3.8) is 0 Å². The third-order valence-electron chi connectivity index (χ3n) is 4.59. The average molecular weight is 478 g/mol. The van der Waals surface area contributed by atoms with Crippen LogP contribution in [0.3, 0.4) is 0 Å². The Morgan fingerprint density at radius 2 is 1.81 bits per heavy atom. The Kier molecular flexibility index (Phi) is 7.26. The number of amides is 2. The third kappa shape index (κ3) is 5.59. The van der Waals surface area contributed by atoms with Crippen molar-refractivity contribution in [2.24, 2.45) is 0 Å². The normalized spacial score (nSPS) is 15.1. The van der Waals surface area contributed by atoms with Crippen molar-refractivity contribution < 1.29 is 9.59 Å². The van der Waals surface area contributed by atoms with E-state index < -0.39 is 0 Å². The maximum absolute atomic E-state index is 12.7. The first kappa shape index (κ1) is 22.1. The van der Waals surface area contributed by atoms with Crippen LogP contribution in [-0.4, -0.2) is 32.6 Å². The van der Waals surface area contributed by atoms with Crippen LogP contribution < -0.4 is 5.32 Å². The quantitative estimate of drug-likeness (QED) is 0.355. The minimum absolute atomic E-state index is 0.139. The molecule has 0 aliphatic carbocycles. The Morgan fingerprint density at radius 3 is 2.56 bits per heavy atom. The Labute approximate surface area is 199 Å². The van der Waals surface area contributed by atoms with Crippen LogP contribution in [0, 0.1) is 0 Å². The summed E-state index contributed by atoms with van der Waals surface area (Å²) in [6.45, 7) is 0.229. The summed E-state index contributed by atoms with van der Waals surface area (Å²) in [5.74, 6) is -0.382. The van der Waals surface area contributed by atoms with E-state index in [9.17, 15) is 9.59 Å². The van der Waals surface area contributed by atoms with Gasteiger partial charge in [-0.1, -0.05) is 96.8 Å². The molecule has 1 aliphatic rings. The van der Waals surface area contributed by atoms with Gasteiger partial charge in [-0.2, -0.15) is 0 Å². The van der Waals surface area contributed by atoms with Crippen molar-refractivity contribution in [2.45, 2.75) is 6.42 Å².